The second-order valence-corrected chi connectivity index (χ2v) is 3.71. The standard InChI is InChI=1S/C12H13FO4/c1-7(2-5-11(15)16)12(17)8-3-4-10(14)9(13)6-8/h2-7,12,14,17H,1H3,(H,15,16)/b5-2+/t7-,12+/m0/s1. The van der Waals surface area contributed by atoms with Crippen LogP contribution in [-0.2, 0) is 4.79 Å². The third-order valence-corrected chi connectivity index (χ3v) is 2.35. The number of carboxylic acid groups (broad SMARTS) is 1. The average molecular weight is 240 g/mol. The van der Waals surface area contributed by atoms with Crippen LogP contribution in [0.3, 0.4) is 0 Å². The zero-order valence-electron chi connectivity index (χ0n) is 9.17. The quantitative estimate of drug-likeness (QED) is 0.702. The van der Waals surface area contributed by atoms with Crippen molar-refractivity contribution in [3.8, 4) is 5.75 Å². The molecule has 1 aromatic carbocycles. The van der Waals surface area contributed by atoms with Crippen LogP contribution in [0.4, 0.5) is 4.39 Å². The predicted octanol–water partition coefficient (Wildman–Crippen LogP) is 1.84. The van der Waals surface area contributed by atoms with Gasteiger partial charge in [-0.25, -0.2) is 9.18 Å². The molecule has 92 valence electrons. The summed E-state index contributed by atoms with van der Waals surface area (Å²) in [5.74, 6) is -2.90. The van der Waals surface area contributed by atoms with Crippen LogP contribution in [0.1, 0.15) is 18.6 Å². The van der Waals surface area contributed by atoms with Crippen molar-refractivity contribution < 1.29 is 24.5 Å². The predicted molar refractivity (Wildman–Crippen MR) is 59.0 cm³/mol. The minimum Gasteiger partial charge on any atom is -0.505 e. The third-order valence-electron chi connectivity index (χ3n) is 2.35. The highest BCUT2D eigenvalue weighted by Crippen LogP contribution is 2.26. The first kappa shape index (κ1) is 13.2. The lowest BCUT2D eigenvalue weighted by atomic mass is 9.97. The highest BCUT2D eigenvalue weighted by molar-refractivity contribution is 5.79. The highest BCUT2D eigenvalue weighted by atomic mass is 19.1. The molecule has 1 rings (SSSR count). The Morgan fingerprint density at radius 2 is 2.12 bits per heavy atom. The molecule has 5 heteroatoms. The maximum absolute atomic E-state index is 13.0. The van der Waals surface area contributed by atoms with Crippen molar-refractivity contribution in [1.29, 1.82) is 0 Å². The molecule has 4 nitrogen and oxygen atoms in total. The summed E-state index contributed by atoms with van der Waals surface area (Å²) in [6.45, 7) is 1.61. The summed E-state index contributed by atoms with van der Waals surface area (Å²) < 4.78 is 13.0. The van der Waals surface area contributed by atoms with E-state index in [1.165, 1.54) is 12.1 Å². The molecule has 0 saturated carbocycles. The Morgan fingerprint density at radius 1 is 1.47 bits per heavy atom. The van der Waals surface area contributed by atoms with Gasteiger partial charge in [0, 0.05) is 12.0 Å². The van der Waals surface area contributed by atoms with E-state index in [0.29, 0.717) is 0 Å². The van der Waals surface area contributed by atoms with Crippen molar-refractivity contribution in [2.45, 2.75) is 13.0 Å². The molecule has 0 aliphatic rings. The third kappa shape index (κ3) is 3.57. The summed E-state index contributed by atoms with van der Waals surface area (Å²) in [6, 6.07) is 3.54. The largest absolute Gasteiger partial charge is 0.505 e. The van der Waals surface area contributed by atoms with Gasteiger partial charge in [-0.2, -0.15) is 0 Å². The lowest BCUT2D eigenvalue weighted by Crippen LogP contribution is -2.07. The van der Waals surface area contributed by atoms with Gasteiger partial charge in [-0.05, 0) is 17.7 Å². The van der Waals surface area contributed by atoms with E-state index in [1.807, 2.05) is 0 Å². The SMILES string of the molecule is C[C@@H](/C=C/C(=O)O)[C@@H](O)c1ccc(O)c(F)c1. The Labute approximate surface area is 97.6 Å². The lowest BCUT2D eigenvalue weighted by Gasteiger charge is -2.15. The number of hydrogen-bond donors (Lipinski definition) is 3. The number of benzene rings is 1. The maximum Gasteiger partial charge on any atom is 0.327 e. The van der Waals surface area contributed by atoms with Gasteiger partial charge in [-0.3, -0.25) is 0 Å². The number of aliphatic hydroxyl groups excluding tert-OH is 1. The zero-order valence-corrected chi connectivity index (χ0v) is 9.17. The Hall–Kier alpha value is -1.88. The molecule has 17 heavy (non-hydrogen) atoms. The monoisotopic (exact) mass is 240 g/mol. The van der Waals surface area contributed by atoms with Crippen molar-refractivity contribution in [2.24, 2.45) is 5.92 Å². The van der Waals surface area contributed by atoms with Gasteiger partial charge < -0.3 is 15.3 Å². The molecule has 0 amide bonds. The number of aliphatic carboxylic acids is 1. The van der Waals surface area contributed by atoms with Crippen molar-refractivity contribution >= 4 is 5.97 Å². The second kappa shape index (κ2) is 5.45. The van der Waals surface area contributed by atoms with Crippen molar-refractivity contribution in [3.05, 3.63) is 41.7 Å². The summed E-state index contributed by atoms with van der Waals surface area (Å²) >= 11 is 0. The highest BCUT2D eigenvalue weighted by Gasteiger charge is 2.15. The van der Waals surface area contributed by atoms with E-state index in [2.05, 4.69) is 0 Å². The van der Waals surface area contributed by atoms with E-state index < -0.39 is 29.6 Å². The van der Waals surface area contributed by atoms with Crippen LogP contribution in [0.5, 0.6) is 5.75 Å². The molecule has 0 aliphatic heterocycles. The van der Waals surface area contributed by atoms with E-state index in [-0.39, 0.29) is 5.56 Å². The number of phenols is 1. The second-order valence-electron chi connectivity index (χ2n) is 3.71. The summed E-state index contributed by atoms with van der Waals surface area (Å²) in [4.78, 5) is 10.3. The molecule has 0 spiro atoms. The Morgan fingerprint density at radius 3 is 2.65 bits per heavy atom. The van der Waals surface area contributed by atoms with Crippen molar-refractivity contribution in [2.75, 3.05) is 0 Å². The number of halogens is 1. The van der Waals surface area contributed by atoms with Crippen LogP contribution >= 0.6 is 0 Å². The van der Waals surface area contributed by atoms with Gasteiger partial charge in [-0.1, -0.05) is 19.1 Å². The minimum atomic E-state index is -1.11. The molecule has 0 saturated heterocycles. The lowest BCUT2D eigenvalue weighted by molar-refractivity contribution is -0.131. The van der Waals surface area contributed by atoms with Gasteiger partial charge in [-0.15, -0.1) is 0 Å². The fraction of sp³-hybridized carbons (Fsp3) is 0.250. The minimum absolute atomic E-state index is 0.280. The number of carbonyl (C=O) groups is 1. The molecule has 0 aromatic heterocycles. The molecule has 2 atom stereocenters. The number of aliphatic hydroxyl groups is 1. The van der Waals surface area contributed by atoms with Gasteiger partial charge in [0.25, 0.3) is 0 Å². The molecular formula is C12H13FO4. The van der Waals surface area contributed by atoms with Crippen LogP contribution in [0.25, 0.3) is 0 Å². The fourth-order valence-electron chi connectivity index (χ4n) is 1.35. The van der Waals surface area contributed by atoms with E-state index in [1.54, 1.807) is 6.92 Å². The topological polar surface area (TPSA) is 77.8 Å². The molecule has 0 aliphatic carbocycles. The normalized spacial score (nSPS) is 14.8. The molecule has 0 bridgehead atoms. The van der Waals surface area contributed by atoms with E-state index in [9.17, 15) is 14.3 Å². The van der Waals surface area contributed by atoms with E-state index in [0.717, 1.165) is 18.2 Å². The van der Waals surface area contributed by atoms with Gasteiger partial charge >= 0.3 is 5.97 Å². The van der Waals surface area contributed by atoms with Gasteiger partial charge in [0.15, 0.2) is 11.6 Å². The van der Waals surface area contributed by atoms with E-state index >= 15 is 0 Å². The summed E-state index contributed by atoms with van der Waals surface area (Å²) in [5.41, 5.74) is 0.280. The molecule has 0 heterocycles. The summed E-state index contributed by atoms with van der Waals surface area (Å²) in [6.07, 6.45) is 1.21. The molecule has 0 fully saturated rings. The Balaban J connectivity index is 2.84. The number of phenolic OH excluding ortho intramolecular Hbond substituents is 1. The fourth-order valence-corrected chi connectivity index (χ4v) is 1.35. The first-order valence-corrected chi connectivity index (χ1v) is 4.99. The van der Waals surface area contributed by atoms with Crippen molar-refractivity contribution in [1.82, 2.24) is 0 Å². The summed E-state index contributed by atoms with van der Waals surface area (Å²) in [5, 5.41) is 27.3. The van der Waals surface area contributed by atoms with Crippen LogP contribution in [0, 0.1) is 11.7 Å². The zero-order chi connectivity index (χ0) is 13.0. The maximum atomic E-state index is 13.0. The molecule has 0 radical (unpaired) electrons. The van der Waals surface area contributed by atoms with Crippen LogP contribution in [-0.4, -0.2) is 21.3 Å². The van der Waals surface area contributed by atoms with E-state index in [4.69, 9.17) is 10.2 Å². The smallest absolute Gasteiger partial charge is 0.327 e. The first-order valence-electron chi connectivity index (χ1n) is 4.99. The van der Waals surface area contributed by atoms with Crippen LogP contribution in [0.15, 0.2) is 30.4 Å². The Kier molecular flexibility index (Phi) is 4.23. The van der Waals surface area contributed by atoms with Gasteiger partial charge in [0.1, 0.15) is 0 Å². The summed E-state index contributed by atoms with van der Waals surface area (Å²) in [7, 11) is 0. The molecule has 3 N–H and O–H groups in total. The number of carboxylic acids is 1. The van der Waals surface area contributed by atoms with Crippen molar-refractivity contribution in [3.63, 3.8) is 0 Å². The van der Waals surface area contributed by atoms with Gasteiger partial charge in [0.05, 0.1) is 6.10 Å². The first-order chi connectivity index (χ1) is 7.91. The Bertz CT molecular complexity index is 442. The molecule has 1 aromatic rings. The molecular weight excluding hydrogens is 227 g/mol. The number of rotatable bonds is 4. The number of hydrogen-bond acceptors (Lipinski definition) is 3. The number of aromatic hydroxyl groups is 1. The van der Waals surface area contributed by atoms with Crippen LogP contribution < -0.4 is 0 Å². The van der Waals surface area contributed by atoms with Gasteiger partial charge in [0.2, 0.25) is 0 Å². The molecule has 0 unspecified atom stereocenters. The average Bonchev–Trinajstić information content (AvgIpc) is 2.28. The van der Waals surface area contributed by atoms with Crippen LogP contribution in [0.2, 0.25) is 0 Å².